The number of carbonyl (C=O) groups is 1. The number of thiazole rings is 1. The molecule has 29 heavy (non-hydrogen) atoms. The highest BCUT2D eigenvalue weighted by Crippen LogP contribution is 2.24. The maximum atomic E-state index is 12.7. The molecule has 0 fully saturated rings. The van der Waals surface area contributed by atoms with Gasteiger partial charge in [0.2, 0.25) is 11.5 Å². The van der Waals surface area contributed by atoms with E-state index in [4.69, 9.17) is 4.42 Å². The number of rotatable bonds is 4. The zero-order chi connectivity index (χ0) is 19.8. The molecule has 0 aliphatic carbocycles. The van der Waals surface area contributed by atoms with Crippen LogP contribution in [-0.2, 0) is 11.3 Å². The number of carbonyl (C=O) groups excluding carboxylic acids is 1. The van der Waals surface area contributed by atoms with Gasteiger partial charge in [-0.25, -0.2) is 9.97 Å². The summed E-state index contributed by atoms with van der Waals surface area (Å²) < 4.78 is 6.88. The van der Waals surface area contributed by atoms with Crippen molar-refractivity contribution in [2.45, 2.75) is 6.54 Å². The van der Waals surface area contributed by atoms with Gasteiger partial charge in [0.05, 0.1) is 6.33 Å². The van der Waals surface area contributed by atoms with Crippen molar-refractivity contribution in [1.82, 2.24) is 14.5 Å². The van der Waals surface area contributed by atoms with Crippen LogP contribution in [-0.4, -0.2) is 20.4 Å². The Morgan fingerprint density at radius 3 is 2.72 bits per heavy atom. The first-order chi connectivity index (χ1) is 14.2. The molecule has 1 amide bonds. The number of anilines is 1. The minimum absolute atomic E-state index is 0.148. The number of fused-ring (bicyclic) bond motifs is 3. The summed E-state index contributed by atoms with van der Waals surface area (Å²) in [6, 6.07) is 14.7. The quantitative estimate of drug-likeness (QED) is 0.492. The Labute approximate surface area is 168 Å². The topological polar surface area (TPSA) is 90.0 Å². The Balaban J connectivity index is 1.36. The fourth-order valence-electron chi connectivity index (χ4n) is 3.15. The van der Waals surface area contributed by atoms with Crippen molar-refractivity contribution >= 4 is 45.0 Å². The Morgan fingerprint density at radius 2 is 1.93 bits per heavy atom. The third-order valence-electron chi connectivity index (χ3n) is 4.51. The van der Waals surface area contributed by atoms with Crippen molar-refractivity contribution in [1.29, 1.82) is 0 Å². The number of amides is 1. The third kappa shape index (κ3) is 3.19. The smallest absolute Gasteiger partial charge is 0.297 e. The first-order valence-corrected chi connectivity index (χ1v) is 9.73. The van der Waals surface area contributed by atoms with E-state index < -0.39 is 0 Å². The summed E-state index contributed by atoms with van der Waals surface area (Å²) in [6.07, 6.45) is 3.12. The average molecular weight is 402 g/mol. The van der Waals surface area contributed by atoms with Crippen LogP contribution in [0, 0.1) is 0 Å². The summed E-state index contributed by atoms with van der Waals surface area (Å²) in [5.41, 5.74) is 2.47. The van der Waals surface area contributed by atoms with E-state index in [2.05, 4.69) is 15.3 Å². The number of furan rings is 1. The van der Waals surface area contributed by atoms with Crippen LogP contribution >= 0.6 is 11.3 Å². The number of nitrogens with one attached hydrogen (secondary N) is 1. The molecule has 0 spiro atoms. The molecule has 142 valence electrons. The first kappa shape index (κ1) is 17.3. The summed E-state index contributed by atoms with van der Waals surface area (Å²) in [5, 5.41) is 6.39. The molecule has 3 heterocycles. The molecule has 0 aliphatic heterocycles. The molecule has 0 atom stereocenters. The molecule has 8 heteroatoms. The molecule has 7 nitrogen and oxygen atoms in total. The van der Waals surface area contributed by atoms with Crippen LogP contribution in [0.25, 0.3) is 32.6 Å². The molecular formula is C21H14N4O3S. The molecule has 0 radical (unpaired) electrons. The van der Waals surface area contributed by atoms with Crippen molar-refractivity contribution in [3.63, 3.8) is 0 Å². The van der Waals surface area contributed by atoms with Crippen molar-refractivity contribution in [2.75, 3.05) is 5.32 Å². The molecule has 0 saturated carbocycles. The molecule has 0 bridgehead atoms. The molecule has 1 N–H and O–H groups in total. The van der Waals surface area contributed by atoms with Crippen LogP contribution in [0.5, 0.6) is 0 Å². The van der Waals surface area contributed by atoms with Crippen LogP contribution in [0.2, 0.25) is 0 Å². The number of aromatic nitrogens is 3. The summed E-state index contributed by atoms with van der Waals surface area (Å²) in [6.45, 7) is -0.160. The minimum atomic E-state index is -0.388. The fourth-order valence-corrected chi connectivity index (χ4v) is 3.79. The van der Waals surface area contributed by atoms with Gasteiger partial charge >= 0.3 is 0 Å². The van der Waals surface area contributed by atoms with Crippen LogP contribution < -0.4 is 10.9 Å². The normalized spacial score (nSPS) is 11.2. The number of nitrogens with zero attached hydrogens (tertiary/aromatic N) is 3. The maximum Gasteiger partial charge on any atom is 0.297 e. The van der Waals surface area contributed by atoms with Gasteiger partial charge in [-0.1, -0.05) is 12.1 Å². The average Bonchev–Trinajstić information content (AvgIpc) is 3.39. The van der Waals surface area contributed by atoms with Crippen LogP contribution in [0.1, 0.15) is 0 Å². The summed E-state index contributed by atoms with van der Waals surface area (Å²) in [7, 11) is 0. The maximum absolute atomic E-state index is 12.7. The predicted molar refractivity (Wildman–Crippen MR) is 112 cm³/mol. The molecule has 0 unspecified atom stereocenters. The number of hydrogen-bond acceptors (Lipinski definition) is 6. The predicted octanol–water partition coefficient (Wildman–Crippen LogP) is 3.90. The Morgan fingerprint density at radius 1 is 1.10 bits per heavy atom. The van der Waals surface area contributed by atoms with Gasteiger partial charge in [-0.05, 0) is 36.4 Å². The number of para-hydroxylation sites is 1. The summed E-state index contributed by atoms with van der Waals surface area (Å²) >= 11 is 1.55. The third-order valence-corrected chi connectivity index (χ3v) is 5.33. The van der Waals surface area contributed by atoms with Gasteiger partial charge in [-0.15, -0.1) is 11.3 Å². The zero-order valence-corrected chi connectivity index (χ0v) is 15.8. The highest BCUT2D eigenvalue weighted by Gasteiger charge is 2.14. The van der Waals surface area contributed by atoms with Crippen molar-refractivity contribution in [3.8, 4) is 10.6 Å². The van der Waals surface area contributed by atoms with E-state index in [1.807, 2.05) is 35.7 Å². The number of benzene rings is 2. The van der Waals surface area contributed by atoms with E-state index in [-0.39, 0.29) is 23.6 Å². The van der Waals surface area contributed by atoms with Crippen LogP contribution in [0.4, 0.5) is 5.69 Å². The van der Waals surface area contributed by atoms with E-state index in [0.717, 1.165) is 16.0 Å². The van der Waals surface area contributed by atoms with Gasteiger partial charge in [0.1, 0.15) is 22.7 Å². The molecule has 0 aliphatic rings. The van der Waals surface area contributed by atoms with Crippen molar-refractivity contribution in [2.24, 2.45) is 0 Å². The van der Waals surface area contributed by atoms with Gasteiger partial charge in [0.25, 0.3) is 5.56 Å². The molecular weight excluding hydrogens is 388 g/mol. The second-order valence-electron chi connectivity index (χ2n) is 6.42. The summed E-state index contributed by atoms with van der Waals surface area (Å²) in [4.78, 5) is 33.7. The Hall–Kier alpha value is -3.78. The lowest BCUT2D eigenvalue weighted by atomic mass is 10.2. The highest BCUT2D eigenvalue weighted by atomic mass is 32.1. The minimum Gasteiger partial charge on any atom is -0.448 e. The SMILES string of the molecule is O=C(Cn1cnc2c(oc3ccccc32)c1=O)Nc1ccc(-c2nccs2)cc1. The monoisotopic (exact) mass is 402 g/mol. The second-order valence-corrected chi connectivity index (χ2v) is 7.31. The highest BCUT2D eigenvalue weighted by molar-refractivity contribution is 7.13. The van der Waals surface area contributed by atoms with Gasteiger partial charge in [0.15, 0.2) is 0 Å². The van der Waals surface area contributed by atoms with Crippen LogP contribution in [0.3, 0.4) is 0 Å². The van der Waals surface area contributed by atoms with Gasteiger partial charge in [0, 0.05) is 28.2 Å². The fraction of sp³-hybridized carbons (Fsp3) is 0.0476. The lowest BCUT2D eigenvalue weighted by Crippen LogP contribution is -2.27. The molecule has 2 aromatic carbocycles. The first-order valence-electron chi connectivity index (χ1n) is 8.85. The van der Waals surface area contributed by atoms with E-state index in [0.29, 0.717) is 16.8 Å². The largest absolute Gasteiger partial charge is 0.448 e. The second kappa shape index (κ2) is 6.99. The number of hydrogen-bond donors (Lipinski definition) is 1. The Kier molecular flexibility index (Phi) is 4.18. The van der Waals surface area contributed by atoms with E-state index >= 15 is 0 Å². The lowest BCUT2D eigenvalue weighted by molar-refractivity contribution is -0.116. The summed E-state index contributed by atoms with van der Waals surface area (Å²) in [5.74, 6) is -0.327. The van der Waals surface area contributed by atoms with Crippen LogP contribution in [0.15, 0.2) is 75.6 Å². The standard InChI is InChI=1S/C21H14N4O3S/c26-17(24-14-7-5-13(6-8-14)20-22-9-10-29-20)11-25-12-23-18-15-3-1-2-4-16(15)28-19(18)21(25)27/h1-10,12H,11H2,(H,24,26). The lowest BCUT2D eigenvalue weighted by Gasteiger charge is -2.07. The van der Waals surface area contributed by atoms with Gasteiger partial charge < -0.3 is 9.73 Å². The Bertz CT molecular complexity index is 1390. The molecule has 5 rings (SSSR count). The molecule has 0 saturated heterocycles. The zero-order valence-electron chi connectivity index (χ0n) is 15.0. The van der Waals surface area contributed by atoms with Crippen molar-refractivity contribution < 1.29 is 9.21 Å². The van der Waals surface area contributed by atoms with Crippen molar-refractivity contribution in [3.05, 3.63) is 76.8 Å². The van der Waals surface area contributed by atoms with Gasteiger partial charge in [-0.2, -0.15) is 0 Å². The van der Waals surface area contributed by atoms with E-state index in [9.17, 15) is 9.59 Å². The van der Waals surface area contributed by atoms with E-state index in [1.165, 1.54) is 10.9 Å². The van der Waals surface area contributed by atoms with Gasteiger partial charge in [-0.3, -0.25) is 14.2 Å². The molecule has 3 aromatic heterocycles. The molecule has 5 aromatic rings. The van der Waals surface area contributed by atoms with E-state index in [1.54, 1.807) is 35.7 Å².